The van der Waals surface area contributed by atoms with Crippen molar-refractivity contribution in [2.45, 2.75) is 26.7 Å². The Kier molecular flexibility index (Phi) is 7.53. The Morgan fingerprint density at radius 2 is 1.92 bits per heavy atom. The molecule has 134 valence electrons. The minimum Gasteiger partial charge on any atom is -0.493 e. The molecular formula is C19H30NO4+. The van der Waals surface area contributed by atoms with Crippen molar-refractivity contribution in [1.29, 1.82) is 0 Å². The van der Waals surface area contributed by atoms with Crippen LogP contribution < -0.4 is 14.4 Å². The van der Waals surface area contributed by atoms with Gasteiger partial charge in [-0.2, -0.15) is 0 Å². The van der Waals surface area contributed by atoms with E-state index >= 15 is 0 Å². The maximum Gasteiger partial charge on any atom is 0.161 e. The number of piperidine rings is 1. The first-order valence-corrected chi connectivity index (χ1v) is 8.83. The van der Waals surface area contributed by atoms with Crippen LogP contribution >= 0.6 is 0 Å². The van der Waals surface area contributed by atoms with Gasteiger partial charge in [0.05, 0.1) is 33.4 Å². The number of ketones is 1. The standard InChI is InChI=1S/C19H29NO4/c1-15-6-8-20(9-7-15)10-11-23-12-13-24-18-5-4-17(16(2)21)14-19(18)22-3/h4-5,14-15H,6-13H2,1-3H3/p+1. The molecule has 5 nitrogen and oxygen atoms in total. The second-order valence-electron chi connectivity index (χ2n) is 6.57. The Bertz CT molecular complexity index is 524. The monoisotopic (exact) mass is 336 g/mol. The van der Waals surface area contributed by atoms with Gasteiger partial charge in [0.25, 0.3) is 0 Å². The highest BCUT2D eigenvalue weighted by Crippen LogP contribution is 2.28. The first-order chi connectivity index (χ1) is 11.6. The molecule has 5 heteroatoms. The molecule has 0 amide bonds. The average Bonchev–Trinajstić information content (AvgIpc) is 2.59. The fourth-order valence-corrected chi connectivity index (χ4v) is 2.96. The number of hydrogen-bond acceptors (Lipinski definition) is 4. The highest BCUT2D eigenvalue weighted by molar-refractivity contribution is 5.94. The Morgan fingerprint density at radius 3 is 2.58 bits per heavy atom. The van der Waals surface area contributed by atoms with Gasteiger partial charge in [0.2, 0.25) is 0 Å². The second kappa shape index (κ2) is 9.64. The number of quaternary nitrogens is 1. The largest absolute Gasteiger partial charge is 0.493 e. The number of methoxy groups -OCH3 is 1. The normalized spacial score (nSPS) is 20.6. The third kappa shape index (κ3) is 5.80. The van der Waals surface area contributed by atoms with Crippen molar-refractivity contribution < 1.29 is 23.9 Å². The number of Topliss-reactive ketones (excluding diaryl/α,β-unsaturated/α-hetero) is 1. The van der Waals surface area contributed by atoms with E-state index in [2.05, 4.69) is 6.92 Å². The van der Waals surface area contributed by atoms with E-state index in [1.807, 2.05) is 0 Å². The zero-order valence-corrected chi connectivity index (χ0v) is 15.1. The summed E-state index contributed by atoms with van der Waals surface area (Å²) in [6, 6.07) is 5.23. The van der Waals surface area contributed by atoms with E-state index in [0.29, 0.717) is 30.3 Å². The lowest BCUT2D eigenvalue weighted by Crippen LogP contribution is -3.13. The van der Waals surface area contributed by atoms with Gasteiger partial charge in [0.1, 0.15) is 13.2 Å². The predicted octanol–water partition coefficient (Wildman–Crippen LogP) is 1.61. The van der Waals surface area contributed by atoms with Crippen molar-refractivity contribution in [3.63, 3.8) is 0 Å². The Hall–Kier alpha value is -1.59. The van der Waals surface area contributed by atoms with Gasteiger partial charge in [-0.05, 0) is 43.9 Å². The van der Waals surface area contributed by atoms with Crippen LogP contribution in [0.5, 0.6) is 11.5 Å². The van der Waals surface area contributed by atoms with Crippen LogP contribution in [0.4, 0.5) is 0 Å². The van der Waals surface area contributed by atoms with E-state index in [-0.39, 0.29) is 5.78 Å². The van der Waals surface area contributed by atoms with Gasteiger partial charge in [-0.1, -0.05) is 6.92 Å². The quantitative estimate of drug-likeness (QED) is 0.550. The first kappa shape index (κ1) is 18.7. The molecule has 0 saturated carbocycles. The summed E-state index contributed by atoms with van der Waals surface area (Å²) >= 11 is 0. The molecule has 1 aromatic carbocycles. The molecule has 0 bridgehead atoms. The molecule has 0 spiro atoms. The topological polar surface area (TPSA) is 49.2 Å². The average molecular weight is 336 g/mol. The first-order valence-electron chi connectivity index (χ1n) is 8.83. The van der Waals surface area contributed by atoms with Crippen molar-refractivity contribution in [2.75, 3.05) is 46.6 Å². The molecule has 0 atom stereocenters. The third-order valence-corrected chi connectivity index (χ3v) is 4.64. The zero-order valence-electron chi connectivity index (χ0n) is 15.1. The number of carbonyl (C=O) groups excluding carboxylic acids is 1. The maximum absolute atomic E-state index is 11.4. The van der Waals surface area contributed by atoms with Crippen molar-refractivity contribution in [1.82, 2.24) is 0 Å². The summed E-state index contributed by atoms with van der Waals surface area (Å²) in [5.41, 5.74) is 0.620. The summed E-state index contributed by atoms with van der Waals surface area (Å²) in [5, 5.41) is 0. The number of likely N-dealkylation sites (tertiary alicyclic amines) is 1. The summed E-state index contributed by atoms with van der Waals surface area (Å²) in [5.74, 6) is 2.11. The number of nitrogens with one attached hydrogen (secondary N) is 1. The molecule has 0 radical (unpaired) electrons. The minimum atomic E-state index is 0.0118. The Morgan fingerprint density at radius 1 is 1.17 bits per heavy atom. The molecule has 0 unspecified atom stereocenters. The van der Waals surface area contributed by atoms with E-state index < -0.39 is 0 Å². The number of ether oxygens (including phenoxy) is 3. The predicted molar refractivity (Wildman–Crippen MR) is 93.3 cm³/mol. The van der Waals surface area contributed by atoms with Gasteiger partial charge in [-0.25, -0.2) is 0 Å². The smallest absolute Gasteiger partial charge is 0.161 e. The lowest BCUT2D eigenvalue weighted by atomic mass is 9.99. The SMILES string of the molecule is COc1cc(C(C)=O)ccc1OCCOCC[NH+]1CCC(C)CC1. The van der Waals surface area contributed by atoms with Gasteiger partial charge in [0, 0.05) is 5.56 Å². The second-order valence-corrected chi connectivity index (χ2v) is 6.57. The van der Waals surface area contributed by atoms with Gasteiger partial charge in [-0.3, -0.25) is 4.79 Å². The molecule has 24 heavy (non-hydrogen) atoms. The van der Waals surface area contributed by atoms with Crippen LogP contribution in [0.1, 0.15) is 37.0 Å². The number of benzene rings is 1. The van der Waals surface area contributed by atoms with Crippen LogP contribution in [0, 0.1) is 5.92 Å². The molecule has 0 aliphatic carbocycles. The van der Waals surface area contributed by atoms with E-state index in [0.717, 1.165) is 19.1 Å². The molecule has 1 aromatic rings. The summed E-state index contributed by atoms with van der Waals surface area (Å²) < 4.78 is 16.7. The van der Waals surface area contributed by atoms with E-state index in [1.165, 1.54) is 32.9 Å². The van der Waals surface area contributed by atoms with Crippen molar-refractivity contribution in [3.8, 4) is 11.5 Å². The van der Waals surface area contributed by atoms with Crippen LogP contribution in [0.2, 0.25) is 0 Å². The van der Waals surface area contributed by atoms with E-state index in [4.69, 9.17) is 14.2 Å². The molecule has 1 N–H and O–H groups in total. The zero-order chi connectivity index (χ0) is 17.4. The van der Waals surface area contributed by atoms with Crippen LogP contribution in [0.25, 0.3) is 0 Å². The third-order valence-electron chi connectivity index (χ3n) is 4.64. The van der Waals surface area contributed by atoms with Crippen LogP contribution in [-0.2, 0) is 4.74 Å². The highest BCUT2D eigenvalue weighted by atomic mass is 16.5. The number of hydrogen-bond donors (Lipinski definition) is 1. The molecule has 1 heterocycles. The van der Waals surface area contributed by atoms with E-state index in [9.17, 15) is 4.79 Å². The van der Waals surface area contributed by atoms with Crippen molar-refractivity contribution in [2.24, 2.45) is 5.92 Å². The molecule has 1 fully saturated rings. The lowest BCUT2D eigenvalue weighted by Gasteiger charge is -2.27. The fourth-order valence-electron chi connectivity index (χ4n) is 2.96. The Balaban J connectivity index is 1.64. The summed E-state index contributed by atoms with van der Waals surface area (Å²) in [6.45, 7) is 9.28. The fraction of sp³-hybridized carbons (Fsp3) is 0.632. The Labute approximate surface area is 144 Å². The van der Waals surface area contributed by atoms with Gasteiger partial charge < -0.3 is 19.1 Å². The number of carbonyl (C=O) groups is 1. The van der Waals surface area contributed by atoms with Crippen molar-refractivity contribution in [3.05, 3.63) is 23.8 Å². The van der Waals surface area contributed by atoms with Crippen LogP contribution in [0.3, 0.4) is 0 Å². The summed E-state index contributed by atoms with van der Waals surface area (Å²) in [6.07, 6.45) is 2.66. The molecule has 1 saturated heterocycles. The summed E-state index contributed by atoms with van der Waals surface area (Å²) in [7, 11) is 1.57. The highest BCUT2D eigenvalue weighted by Gasteiger charge is 2.18. The molecule has 1 aliphatic heterocycles. The van der Waals surface area contributed by atoms with Crippen molar-refractivity contribution >= 4 is 5.78 Å². The molecule has 1 aliphatic rings. The lowest BCUT2D eigenvalue weighted by molar-refractivity contribution is -0.906. The van der Waals surface area contributed by atoms with Crippen LogP contribution in [0.15, 0.2) is 18.2 Å². The molecule has 0 aromatic heterocycles. The van der Waals surface area contributed by atoms with Crippen LogP contribution in [-0.4, -0.2) is 52.3 Å². The molecular weight excluding hydrogens is 306 g/mol. The van der Waals surface area contributed by atoms with E-state index in [1.54, 1.807) is 30.2 Å². The van der Waals surface area contributed by atoms with Gasteiger partial charge in [0.15, 0.2) is 17.3 Å². The summed E-state index contributed by atoms with van der Waals surface area (Å²) in [4.78, 5) is 13.0. The number of rotatable bonds is 9. The molecule has 2 rings (SSSR count). The van der Waals surface area contributed by atoms with Gasteiger partial charge in [-0.15, -0.1) is 0 Å². The minimum absolute atomic E-state index is 0.0118. The van der Waals surface area contributed by atoms with Gasteiger partial charge >= 0.3 is 0 Å². The maximum atomic E-state index is 11.4.